The average Bonchev–Trinajstić information content (AvgIpc) is 2.88. The second kappa shape index (κ2) is 10.5. The number of halogens is 2. The highest BCUT2D eigenvalue weighted by Crippen LogP contribution is 2.33. The molecule has 5 nitrogen and oxygen atoms in total. The number of nitrogens with zero attached hydrogens (tertiary/aromatic N) is 2. The van der Waals surface area contributed by atoms with Crippen LogP contribution in [0, 0.1) is 0 Å². The van der Waals surface area contributed by atoms with E-state index < -0.39 is 0 Å². The van der Waals surface area contributed by atoms with Crippen molar-refractivity contribution >= 4 is 40.7 Å². The van der Waals surface area contributed by atoms with Crippen molar-refractivity contribution in [1.82, 2.24) is 10.3 Å². The predicted molar refractivity (Wildman–Crippen MR) is 136 cm³/mol. The van der Waals surface area contributed by atoms with E-state index in [1.165, 1.54) is 13.1 Å². The minimum Gasteiger partial charge on any atom is -0.355 e. The highest BCUT2D eigenvalue weighted by atomic mass is 35.5. The molecule has 0 aliphatic carbocycles. The normalized spacial score (nSPS) is 10.6. The molecular weight excluding hydrogens is 469 g/mol. The van der Waals surface area contributed by atoms with Crippen LogP contribution in [0.1, 0.15) is 26.3 Å². The second-order valence-corrected chi connectivity index (χ2v) is 8.34. The van der Waals surface area contributed by atoms with E-state index >= 15 is 0 Å². The van der Waals surface area contributed by atoms with Crippen molar-refractivity contribution in [2.45, 2.75) is 6.54 Å². The van der Waals surface area contributed by atoms with Crippen LogP contribution in [0.2, 0.25) is 10.0 Å². The molecule has 0 saturated heterocycles. The first-order chi connectivity index (χ1) is 16.5. The molecule has 0 aliphatic heterocycles. The van der Waals surface area contributed by atoms with Crippen LogP contribution in [0.3, 0.4) is 0 Å². The number of amides is 2. The number of pyridine rings is 1. The van der Waals surface area contributed by atoms with Gasteiger partial charge >= 0.3 is 0 Å². The Hall–Kier alpha value is -3.67. The average molecular weight is 490 g/mol. The summed E-state index contributed by atoms with van der Waals surface area (Å²) in [4.78, 5) is 31.7. The van der Waals surface area contributed by atoms with Gasteiger partial charge in [-0.25, -0.2) is 0 Å². The van der Waals surface area contributed by atoms with Crippen molar-refractivity contribution < 1.29 is 9.59 Å². The van der Waals surface area contributed by atoms with Crippen LogP contribution in [0.15, 0.2) is 91.1 Å². The summed E-state index contributed by atoms with van der Waals surface area (Å²) in [6.45, 7) is 0.316. The third-order valence-corrected chi connectivity index (χ3v) is 5.96. The smallest absolute Gasteiger partial charge is 0.260 e. The zero-order valence-electron chi connectivity index (χ0n) is 18.3. The molecule has 0 aliphatic rings. The van der Waals surface area contributed by atoms with Gasteiger partial charge in [0.1, 0.15) is 0 Å². The summed E-state index contributed by atoms with van der Waals surface area (Å²) in [5.41, 5.74) is 3.68. The number of nitrogens with one attached hydrogen (secondary N) is 1. The molecule has 0 atom stereocenters. The number of aromatic nitrogens is 1. The number of carbonyl (C=O) groups excluding carboxylic acids is 2. The summed E-state index contributed by atoms with van der Waals surface area (Å²) in [5, 5.41) is 3.28. The van der Waals surface area contributed by atoms with Crippen LogP contribution in [-0.4, -0.2) is 23.8 Å². The highest BCUT2D eigenvalue weighted by Gasteiger charge is 2.23. The second-order valence-electron chi connectivity index (χ2n) is 7.53. The zero-order chi connectivity index (χ0) is 24.1. The predicted octanol–water partition coefficient (Wildman–Crippen LogP) is 6.26. The molecule has 0 radical (unpaired) electrons. The molecule has 3 aromatic carbocycles. The van der Waals surface area contributed by atoms with Crippen LogP contribution < -0.4 is 10.2 Å². The molecule has 0 spiro atoms. The summed E-state index contributed by atoms with van der Waals surface area (Å²) < 4.78 is 0. The molecule has 0 unspecified atom stereocenters. The van der Waals surface area contributed by atoms with Crippen molar-refractivity contribution in [3.8, 4) is 11.3 Å². The van der Waals surface area contributed by atoms with Gasteiger partial charge in [-0.05, 0) is 54.1 Å². The van der Waals surface area contributed by atoms with Crippen LogP contribution in [-0.2, 0) is 6.54 Å². The van der Waals surface area contributed by atoms with Crippen LogP contribution in [0.5, 0.6) is 0 Å². The molecule has 34 heavy (non-hydrogen) atoms. The molecule has 4 rings (SSSR count). The quantitative estimate of drug-likeness (QED) is 0.347. The maximum Gasteiger partial charge on any atom is 0.260 e. The molecule has 0 saturated carbocycles. The summed E-state index contributed by atoms with van der Waals surface area (Å²) in [5.74, 6) is -0.577. The number of benzene rings is 3. The van der Waals surface area contributed by atoms with E-state index in [0.717, 1.165) is 5.56 Å². The minimum atomic E-state index is -0.299. The Morgan fingerprint density at radius 3 is 2.32 bits per heavy atom. The van der Waals surface area contributed by atoms with Crippen molar-refractivity contribution in [2.75, 3.05) is 11.9 Å². The minimum absolute atomic E-state index is 0.197. The van der Waals surface area contributed by atoms with E-state index in [0.29, 0.717) is 39.6 Å². The Balaban J connectivity index is 1.78. The fraction of sp³-hybridized carbons (Fsp3) is 0.0741. The molecule has 170 valence electrons. The largest absolute Gasteiger partial charge is 0.355 e. The summed E-state index contributed by atoms with van der Waals surface area (Å²) in [6, 6.07) is 25.3. The first-order valence-corrected chi connectivity index (χ1v) is 11.3. The molecule has 7 heteroatoms. The van der Waals surface area contributed by atoms with E-state index in [9.17, 15) is 9.59 Å². The van der Waals surface area contributed by atoms with Crippen LogP contribution in [0.25, 0.3) is 11.3 Å². The Labute approximate surface area is 208 Å². The fourth-order valence-corrected chi connectivity index (χ4v) is 4.04. The lowest BCUT2D eigenvalue weighted by Gasteiger charge is -2.25. The Bertz CT molecular complexity index is 1330. The molecule has 4 aromatic rings. The van der Waals surface area contributed by atoms with Gasteiger partial charge in [0.25, 0.3) is 11.8 Å². The Morgan fingerprint density at radius 2 is 1.65 bits per heavy atom. The molecule has 0 fully saturated rings. The van der Waals surface area contributed by atoms with E-state index in [-0.39, 0.29) is 16.8 Å². The lowest BCUT2D eigenvalue weighted by atomic mass is 10.1. The summed E-state index contributed by atoms with van der Waals surface area (Å²) in [6.07, 6.45) is 1.69. The molecule has 0 bridgehead atoms. The molecular formula is C27H21Cl2N3O2. The molecule has 1 heterocycles. The van der Waals surface area contributed by atoms with Crippen molar-refractivity contribution in [3.05, 3.63) is 118 Å². The summed E-state index contributed by atoms with van der Waals surface area (Å²) >= 11 is 12.9. The molecule has 2 amide bonds. The van der Waals surface area contributed by atoms with E-state index in [1.54, 1.807) is 35.4 Å². The van der Waals surface area contributed by atoms with Gasteiger partial charge in [0.15, 0.2) is 0 Å². The number of anilines is 1. The molecule has 1 N–H and O–H groups in total. The maximum absolute atomic E-state index is 13.7. The van der Waals surface area contributed by atoms with Crippen molar-refractivity contribution in [3.63, 3.8) is 0 Å². The molecule has 1 aromatic heterocycles. The van der Waals surface area contributed by atoms with E-state index in [1.807, 2.05) is 54.6 Å². The van der Waals surface area contributed by atoms with Crippen molar-refractivity contribution in [2.24, 2.45) is 0 Å². The zero-order valence-corrected chi connectivity index (χ0v) is 19.8. The monoisotopic (exact) mass is 489 g/mol. The van der Waals surface area contributed by atoms with Crippen LogP contribution in [0.4, 0.5) is 5.69 Å². The first-order valence-electron chi connectivity index (χ1n) is 10.6. The van der Waals surface area contributed by atoms with Crippen LogP contribution >= 0.6 is 23.2 Å². The van der Waals surface area contributed by atoms with Gasteiger partial charge in [0.2, 0.25) is 0 Å². The van der Waals surface area contributed by atoms with Gasteiger partial charge in [-0.1, -0.05) is 59.6 Å². The third kappa shape index (κ3) is 5.11. The van der Waals surface area contributed by atoms with Crippen molar-refractivity contribution in [1.29, 1.82) is 0 Å². The lowest BCUT2D eigenvalue weighted by molar-refractivity contribution is 0.0958. The number of carbonyl (C=O) groups is 2. The lowest BCUT2D eigenvalue weighted by Crippen LogP contribution is -2.31. The van der Waals surface area contributed by atoms with E-state index in [2.05, 4.69) is 10.3 Å². The summed E-state index contributed by atoms with van der Waals surface area (Å²) in [7, 11) is 1.54. The SMILES string of the molecule is CNC(=O)c1ccc(C(=O)N(Cc2ccccc2)c2ccc(Cl)c(-c3ccccn3)c2)c(Cl)c1. The Kier molecular flexibility index (Phi) is 7.26. The highest BCUT2D eigenvalue weighted by molar-refractivity contribution is 6.35. The third-order valence-electron chi connectivity index (χ3n) is 5.32. The topological polar surface area (TPSA) is 62.3 Å². The van der Waals surface area contributed by atoms with Gasteiger partial charge in [-0.15, -0.1) is 0 Å². The van der Waals surface area contributed by atoms with Gasteiger partial charge in [-0.2, -0.15) is 0 Å². The number of rotatable bonds is 6. The Morgan fingerprint density at radius 1 is 0.882 bits per heavy atom. The van der Waals surface area contributed by atoms with Gasteiger partial charge in [0.05, 0.1) is 27.8 Å². The van der Waals surface area contributed by atoms with Gasteiger partial charge < -0.3 is 10.2 Å². The maximum atomic E-state index is 13.7. The fourth-order valence-electron chi connectivity index (χ4n) is 3.57. The number of hydrogen-bond donors (Lipinski definition) is 1. The number of hydrogen-bond acceptors (Lipinski definition) is 3. The van der Waals surface area contributed by atoms with Gasteiger partial charge in [-0.3, -0.25) is 14.6 Å². The van der Waals surface area contributed by atoms with E-state index in [4.69, 9.17) is 23.2 Å². The van der Waals surface area contributed by atoms with Gasteiger partial charge in [0, 0.05) is 30.1 Å². The first kappa shape index (κ1) is 23.5. The standard InChI is InChI=1S/C27H21Cl2N3O2/c1-30-26(33)19-10-12-21(24(29)15-19)27(34)32(17-18-7-3-2-4-8-18)20-11-13-23(28)22(16-20)25-9-5-6-14-31-25/h2-16H,17H2,1H3,(H,30,33).